The monoisotopic (exact) mass is 322 g/mol. The summed E-state index contributed by atoms with van der Waals surface area (Å²) in [6.07, 6.45) is 1.50. The summed E-state index contributed by atoms with van der Waals surface area (Å²) in [7, 11) is -3.69. The van der Waals surface area contributed by atoms with Crippen LogP contribution in [-0.2, 0) is 9.84 Å². The van der Waals surface area contributed by atoms with Crippen LogP contribution in [0, 0.1) is 18.3 Å². The Kier molecular flexibility index (Phi) is 3.55. The highest BCUT2D eigenvalue weighted by atomic mass is 32.2. The Morgan fingerprint density at radius 2 is 1.87 bits per heavy atom. The molecule has 0 saturated heterocycles. The van der Waals surface area contributed by atoms with Crippen molar-refractivity contribution in [3.05, 3.63) is 65.7 Å². The van der Waals surface area contributed by atoms with Crippen LogP contribution in [0.15, 0.2) is 59.0 Å². The molecule has 0 bridgehead atoms. The second-order valence-corrected chi connectivity index (χ2v) is 7.15. The van der Waals surface area contributed by atoms with E-state index < -0.39 is 9.84 Å². The minimum Gasteiger partial charge on any atom is -0.345 e. The molecule has 1 heterocycles. The third kappa shape index (κ3) is 2.43. The van der Waals surface area contributed by atoms with Crippen LogP contribution in [0.4, 0.5) is 0 Å². The van der Waals surface area contributed by atoms with Crippen molar-refractivity contribution in [2.24, 2.45) is 0 Å². The lowest BCUT2D eigenvalue weighted by molar-refractivity contribution is 0.593. The van der Waals surface area contributed by atoms with Gasteiger partial charge in [-0.2, -0.15) is 5.26 Å². The number of aromatic amines is 1. The van der Waals surface area contributed by atoms with Gasteiger partial charge in [0.25, 0.3) is 0 Å². The van der Waals surface area contributed by atoms with Crippen LogP contribution in [0.1, 0.15) is 16.7 Å². The van der Waals surface area contributed by atoms with Crippen LogP contribution in [0.25, 0.3) is 17.0 Å². The maximum atomic E-state index is 12.9. The SMILES string of the molecule is C=Cc1c(S(=O)(=O)c2ccc(C)cc2)[nH]c2ccc(C#N)cc12. The first-order chi connectivity index (χ1) is 11.0. The normalized spacial score (nSPS) is 11.3. The number of H-pyrrole nitrogens is 1. The predicted molar refractivity (Wildman–Crippen MR) is 89.7 cm³/mol. The van der Waals surface area contributed by atoms with Gasteiger partial charge in [0.05, 0.1) is 16.5 Å². The van der Waals surface area contributed by atoms with E-state index in [1.807, 2.05) is 6.92 Å². The van der Waals surface area contributed by atoms with Crippen molar-refractivity contribution in [1.29, 1.82) is 5.26 Å². The van der Waals surface area contributed by atoms with Crippen LogP contribution in [-0.4, -0.2) is 13.4 Å². The van der Waals surface area contributed by atoms with E-state index in [1.165, 1.54) is 6.08 Å². The van der Waals surface area contributed by atoms with Gasteiger partial charge in [0, 0.05) is 16.5 Å². The largest absolute Gasteiger partial charge is 0.345 e. The Morgan fingerprint density at radius 3 is 2.48 bits per heavy atom. The molecule has 0 aliphatic rings. The van der Waals surface area contributed by atoms with Gasteiger partial charge in [-0.05, 0) is 37.3 Å². The lowest BCUT2D eigenvalue weighted by Gasteiger charge is -2.04. The average Bonchev–Trinajstić information content (AvgIpc) is 2.93. The highest BCUT2D eigenvalue weighted by Gasteiger charge is 2.24. The molecule has 2 aromatic carbocycles. The van der Waals surface area contributed by atoms with Crippen LogP contribution in [0.5, 0.6) is 0 Å². The van der Waals surface area contributed by atoms with E-state index in [2.05, 4.69) is 17.6 Å². The number of benzene rings is 2. The van der Waals surface area contributed by atoms with Crippen molar-refractivity contribution in [1.82, 2.24) is 4.98 Å². The fraction of sp³-hybridized carbons (Fsp3) is 0.0556. The second-order valence-electron chi connectivity index (χ2n) is 5.26. The summed E-state index contributed by atoms with van der Waals surface area (Å²) in [5.41, 5.74) is 2.60. The number of hydrogen-bond donors (Lipinski definition) is 1. The summed E-state index contributed by atoms with van der Waals surface area (Å²) >= 11 is 0. The first-order valence-electron chi connectivity index (χ1n) is 6.97. The lowest BCUT2D eigenvalue weighted by Crippen LogP contribution is -2.04. The quantitative estimate of drug-likeness (QED) is 0.796. The first kappa shape index (κ1) is 15.1. The number of hydrogen-bond acceptors (Lipinski definition) is 3. The molecule has 0 amide bonds. The molecule has 1 N–H and O–H groups in total. The third-order valence-corrected chi connectivity index (χ3v) is 5.49. The molecule has 0 fully saturated rings. The van der Waals surface area contributed by atoms with Crippen molar-refractivity contribution >= 4 is 26.8 Å². The number of aromatic nitrogens is 1. The maximum Gasteiger partial charge on any atom is 0.222 e. The number of nitrogens with zero attached hydrogens (tertiary/aromatic N) is 1. The molecule has 0 aliphatic carbocycles. The van der Waals surface area contributed by atoms with Gasteiger partial charge in [0.15, 0.2) is 0 Å². The minimum atomic E-state index is -3.69. The van der Waals surface area contributed by atoms with E-state index in [0.717, 1.165) is 5.56 Å². The highest BCUT2D eigenvalue weighted by Crippen LogP contribution is 2.31. The molecular weight excluding hydrogens is 308 g/mol. The van der Waals surface area contributed by atoms with Crippen molar-refractivity contribution in [2.75, 3.05) is 0 Å². The van der Waals surface area contributed by atoms with Crippen LogP contribution < -0.4 is 0 Å². The molecule has 4 nitrogen and oxygen atoms in total. The standard InChI is InChI=1S/C18H14N2O2S/c1-3-15-16-10-13(11-19)6-9-17(16)20-18(15)23(21,22)14-7-4-12(2)5-8-14/h3-10,20H,1H2,2H3. The minimum absolute atomic E-state index is 0.0986. The van der Waals surface area contributed by atoms with Crippen molar-refractivity contribution in [2.45, 2.75) is 16.8 Å². The van der Waals surface area contributed by atoms with Crippen molar-refractivity contribution < 1.29 is 8.42 Å². The molecule has 1 aromatic heterocycles. The highest BCUT2D eigenvalue weighted by molar-refractivity contribution is 7.91. The van der Waals surface area contributed by atoms with E-state index in [4.69, 9.17) is 5.26 Å². The number of sulfone groups is 1. The molecule has 0 saturated carbocycles. The summed E-state index contributed by atoms with van der Waals surface area (Å²) in [4.78, 5) is 3.17. The molecular formula is C18H14N2O2S. The maximum absolute atomic E-state index is 12.9. The molecule has 0 aliphatic heterocycles. The average molecular weight is 322 g/mol. The lowest BCUT2D eigenvalue weighted by atomic mass is 10.1. The van der Waals surface area contributed by atoms with Gasteiger partial charge in [-0.15, -0.1) is 0 Å². The molecule has 3 aromatic rings. The Morgan fingerprint density at radius 1 is 1.17 bits per heavy atom. The van der Waals surface area contributed by atoms with Gasteiger partial charge in [0.1, 0.15) is 5.03 Å². The topological polar surface area (TPSA) is 73.7 Å². The van der Waals surface area contributed by atoms with Crippen LogP contribution in [0.3, 0.4) is 0 Å². The van der Waals surface area contributed by atoms with E-state index in [1.54, 1.807) is 42.5 Å². The molecule has 0 atom stereocenters. The number of nitrogens with one attached hydrogen (secondary N) is 1. The van der Waals surface area contributed by atoms with E-state index in [0.29, 0.717) is 22.0 Å². The van der Waals surface area contributed by atoms with Crippen LogP contribution in [0.2, 0.25) is 0 Å². The number of aryl methyl sites for hydroxylation is 1. The van der Waals surface area contributed by atoms with E-state index >= 15 is 0 Å². The third-order valence-electron chi connectivity index (χ3n) is 3.74. The molecule has 114 valence electrons. The second kappa shape index (κ2) is 5.41. The molecule has 0 spiro atoms. The Bertz CT molecular complexity index is 1050. The number of nitriles is 1. The molecule has 23 heavy (non-hydrogen) atoms. The van der Waals surface area contributed by atoms with Gasteiger partial charge < -0.3 is 4.98 Å². The summed E-state index contributed by atoms with van der Waals surface area (Å²) in [5, 5.41) is 9.80. The van der Waals surface area contributed by atoms with Gasteiger partial charge in [-0.3, -0.25) is 0 Å². The zero-order valence-electron chi connectivity index (χ0n) is 12.5. The summed E-state index contributed by atoms with van der Waals surface area (Å²) in [6.45, 7) is 5.62. The fourth-order valence-electron chi connectivity index (χ4n) is 2.51. The summed E-state index contributed by atoms with van der Waals surface area (Å²) in [5.74, 6) is 0. The van der Waals surface area contributed by atoms with Crippen molar-refractivity contribution in [3.63, 3.8) is 0 Å². The van der Waals surface area contributed by atoms with E-state index in [9.17, 15) is 8.42 Å². The van der Waals surface area contributed by atoms with Gasteiger partial charge in [-0.25, -0.2) is 8.42 Å². The zero-order valence-corrected chi connectivity index (χ0v) is 13.3. The zero-order chi connectivity index (χ0) is 16.6. The summed E-state index contributed by atoms with van der Waals surface area (Å²) < 4.78 is 25.8. The smallest absolute Gasteiger partial charge is 0.222 e. The number of rotatable bonds is 3. The van der Waals surface area contributed by atoms with Crippen molar-refractivity contribution in [3.8, 4) is 6.07 Å². The Hall–Kier alpha value is -2.84. The van der Waals surface area contributed by atoms with Gasteiger partial charge in [0.2, 0.25) is 9.84 Å². The van der Waals surface area contributed by atoms with Crippen LogP contribution >= 0.6 is 0 Å². The Balaban J connectivity index is 2.29. The molecule has 3 rings (SSSR count). The van der Waals surface area contributed by atoms with Gasteiger partial charge >= 0.3 is 0 Å². The molecule has 0 radical (unpaired) electrons. The van der Waals surface area contributed by atoms with Gasteiger partial charge in [-0.1, -0.05) is 30.4 Å². The predicted octanol–water partition coefficient (Wildman–Crippen LogP) is 3.82. The Labute approximate surface area is 134 Å². The fourth-order valence-corrected chi connectivity index (χ4v) is 3.96. The summed E-state index contributed by atoms with van der Waals surface area (Å²) in [6, 6.07) is 13.8. The number of fused-ring (bicyclic) bond motifs is 1. The van der Waals surface area contributed by atoms with E-state index in [-0.39, 0.29) is 9.92 Å². The first-order valence-corrected chi connectivity index (χ1v) is 8.45. The molecule has 0 unspecified atom stereocenters. The molecule has 5 heteroatoms.